The van der Waals surface area contributed by atoms with E-state index < -0.39 is 17.8 Å². The van der Waals surface area contributed by atoms with Crippen LogP contribution in [0, 0.1) is 0 Å². The Balaban J connectivity index is 1.61. The van der Waals surface area contributed by atoms with Crippen molar-refractivity contribution in [2.45, 2.75) is 13.5 Å². The summed E-state index contributed by atoms with van der Waals surface area (Å²) in [6.07, 6.45) is 1.42. The minimum Gasteiger partial charge on any atom is -0.490 e. The fourth-order valence-corrected chi connectivity index (χ4v) is 3.60. The van der Waals surface area contributed by atoms with E-state index >= 15 is 0 Å². The Morgan fingerprint density at radius 1 is 0.912 bits per heavy atom. The van der Waals surface area contributed by atoms with Crippen LogP contribution in [0.4, 0.5) is 10.5 Å². The number of benzene rings is 3. The molecule has 0 bridgehead atoms. The van der Waals surface area contributed by atoms with Crippen molar-refractivity contribution >= 4 is 41.2 Å². The Morgan fingerprint density at radius 3 is 2.38 bits per heavy atom. The van der Waals surface area contributed by atoms with Crippen molar-refractivity contribution in [1.29, 1.82) is 0 Å². The zero-order chi connectivity index (χ0) is 24.1. The van der Waals surface area contributed by atoms with Gasteiger partial charge in [0.15, 0.2) is 11.5 Å². The number of nitrogens with one attached hydrogen (secondary N) is 1. The van der Waals surface area contributed by atoms with Crippen molar-refractivity contribution in [2.75, 3.05) is 11.5 Å². The largest absolute Gasteiger partial charge is 0.490 e. The maximum Gasteiger partial charge on any atom is 0.335 e. The Morgan fingerprint density at radius 2 is 1.65 bits per heavy atom. The number of anilines is 1. The molecule has 1 aliphatic heterocycles. The first kappa shape index (κ1) is 23.1. The third kappa shape index (κ3) is 4.94. The third-order valence-electron chi connectivity index (χ3n) is 5.04. The van der Waals surface area contributed by atoms with E-state index in [1.54, 1.807) is 54.6 Å². The maximum atomic E-state index is 13.0. The lowest BCUT2D eigenvalue weighted by Crippen LogP contribution is -2.54. The first-order valence-electron chi connectivity index (χ1n) is 10.6. The molecular formula is C26H21ClN2O5. The summed E-state index contributed by atoms with van der Waals surface area (Å²) in [7, 11) is 0. The molecule has 172 valence electrons. The molecule has 4 rings (SSSR count). The molecule has 0 saturated carbocycles. The van der Waals surface area contributed by atoms with E-state index in [9.17, 15) is 14.4 Å². The van der Waals surface area contributed by atoms with Crippen molar-refractivity contribution in [3.8, 4) is 11.5 Å². The van der Waals surface area contributed by atoms with Crippen molar-refractivity contribution in [2.24, 2.45) is 0 Å². The molecule has 0 atom stereocenters. The van der Waals surface area contributed by atoms with E-state index in [1.807, 2.05) is 25.1 Å². The molecule has 0 unspecified atom stereocenters. The normalized spacial score (nSPS) is 14.8. The molecule has 0 aromatic heterocycles. The van der Waals surface area contributed by atoms with Crippen LogP contribution in [0.3, 0.4) is 0 Å². The van der Waals surface area contributed by atoms with Crippen molar-refractivity contribution in [3.05, 3.63) is 94.5 Å². The maximum absolute atomic E-state index is 13.0. The number of barbiturate groups is 1. The lowest BCUT2D eigenvalue weighted by Gasteiger charge is -2.26. The van der Waals surface area contributed by atoms with Crippen molar-refractivity contribution < 1.29 is 23.9 Å². The van der Waals surface area contributed by atoms with Crippen LogP contribution in [0.1, 0.15) is 18.1 Å². The van der Waals surface area contributed by atoms with Gasteiger partial charge in [0.1, 0.15) is 12.2 Å². The fraction of sp³-hybridized carbons (Fsp3) is 0.115. The predicted molar refractivity (Wildman–Crippen MR) is 129 cm³/mol. The smallest absolute Gasteiger partial charge is 0.335 e. The summed E-state index contributed by atoms with van der Waals surface area (Å²) in [4.78, 5) is 38.7. The summed E-state index contributed by atoms with van der Waals surface area (Å²) in [5, 5.41) is 2.81. The number of urea groups is 1. The molecule has 1 saturated heterocycles. The molecule has 1 heterocycles. The summed E-state index contributed by atoms with van der Waals surface area (Å²) < 4.78 is 11.6. The van der Waals surface area contributed by atoms with E-state index in [4.69, 9.17) is 21.1 Å². The SMILES string of the molecule is CCOc1cc(/C=C2/C(=O)NC(=O)N(c3ccccc3)C2=O)ccc1OCc1ccccc1Cl. The molecular weight excluding hydrogens is 456 g/mol. The number of para-hydroxylation sites is 1. The zero-order valence-electron chi connectivity index (χ0n) is 18.3. The minimum atomic E-state index is -0.795. The lowest BCUT2D eigenvalue weighted by atomic mass is 10.1. The highest BCUT2D eigenvalue weighted by molar-refractivity contribution is 6.39. The zero-order valence-corrected chi connectivity index (χ0v) is 19.0. The Hall–Kier alpha value is -4.10. The minimum absolute atomic E-state index is 0.171. The molecule has 0 radical (unpaired) electrons. The molecule has 1 aliphatic rings. The van der Waals surface area contributed by atoms with Gasteiger partial charge in [-0.05, 0) is 48.9 Å². The first-order chi connectivity index (χ1) is 16.5. The number of halogens is 1. The number of hydrogen-bond acceptors (Lipinski definition) is 5. The molecule has 1 fully saturated rings. The highest BCUT2D eigenvalue weighted by atomic mass is 35.5. The number of carbonyl (C=O) groups excluding carboxylic acids is 3. The average Bonchev–Trinajstić information content (AvgIpc) is 2.83. The first-order valence-corrected chi connectivity index (χ1v) is 10.9. The second kappa shape index (κ2) is 10.2. The second-order valence-corrected chi connectivity index (χ2v) is 7.72. The van der Waals surface area contributed by atoms with Gasteiger partial charge in [-0.1, -0.05) is 54.1 Å². The molecule has 0 aliphatic carbocycles. The second-order valence-electron chi connectivity index (χ2n) is 7.31. The van der Waals surface area contributed by atoms with Gasteiger partial charge in [-0.3, -0.25) is 14.9 Å². The average molecular weight is 477 g/mol. The van der Waals surface area contributed by atoms with E-state index in [0.29, 0.717) is 34.4 Å². The number of rotatable bonds is 7. The van der Waals surface area contributed by atoms with Crippen LogP contribution >= 0.6 is 11.6 Å². The van der Waals surface area contributed by atoms with E-state index in [0.717, 1.165) is 10.5 Å². The lowest BCUT2D eigenvalue weighted by molar-refractivity contribution is -0.122. The summed E-state index contributed by atoms with van der Waals surface area (Å²) in [6, 6.07) is 20.0. The van der Waals surface area contributed by atoms with E-state index in [-0.39, 0.29) is 12.2 Å². The Bertz CT molecular complexity index is 1270. The third-order valence-corrected chi connectivity index (χ3v) is 5.40. The molecule has 8 heteroatoms. The van der Waals surface area contributed by atoms with E-state index in [2.05, 4.69) is 5.32 Å². The van der Waals surface area contributed by atoms with Crippen LogP contribution in [0.2, 0.25) is 5.02 Å². The van der Waals surface area contributed by atoms with Crippen molar-refractivity contribution in [3.63, 3.8) is 0 Å². The topological polar surface area (TPSA) is 84.9 Å². The molecule has 3 aromatic rings. The summed E-state index contributed by atoms with van der Waals surface area (Å²) in [5.74, 6) is -0.538. The van der Waals surface area contributed by atoms with Gasteiger partial charge in [-0.2, -0.15) is 0 Å². The van der Waals surface area contributed by atoms with Gasteiger partial charge in [0.25, 0.3) is 11.8 Å². The fourth-order valence-electron chi connectivity index (χ4n) is 3.41. The number of nitrogens with zero attached hydrogens (tertiary/aromatic N) is 1. The number of carbonyl (C=O) groups is 3. The van der Waals surface area contributed by atoms with Crippen LogP contribution < -0.4 is 19.7 Å². The van der Waals surface area contributed by atoms with Gasteiger partial charge in [0.05, 0.1) is 12.3 Å². The van der Waals surface area contributed by atoms with Gasteiger partial charge >= 0.3 is 6.03 Å². The van der Waals surface area contributed by atoms with Gasteiger partial charge < -0.3 is 9.47 Å². The summed E-state index contributed by atoms with van der Waals surface area (Å²) >= 11 is 6.20. The van der Waals surface area contributed by atoms with Crippen LogP contribution in [0.25, 0.3) is 6.08 Å². The number of amides is 4. The van der Waals surface area contributed by atoms with Gasteiger partial charge in [0.2, 0.25) is 0 Å². The number of ether oxygens (including phenoxy) is 2. The molecule has 4 amide bonds. The van der Waals surface area contributed by atoms with Crippen LogP contribution in [-0.4, -0.2) is 24.5 Å². The summed E-state index contributed by atoms with van der Waals surface area (Å²) in [5.41, 5.74) is 1.56. The van der Waals surface area contributed by atoms with Gasteiger partial charge in [0, 0.05) is 10.6 Å². The van der Waals surface area contributed by atoms with Gasteiger partial charge in [-0.25, -0.2) is 9.69 Å². The van der Waals surface area contributed by atoms with Crippen molar-refractivity contribution in [1.82, 2.24) is 5.32 Å². The Labute approximate surface area is 201 Å². The van der Waals surface area contributed by atoms with Crippen LogP contribution in [-0.2, 0) is 16.2 Å². The molecule has 3 aromatic carbocycles. The molecule has 7 nitrogen and oxygen atoms in total. The quantitative estimate of drug-likeness (QED) is 0.384. The summed E-state index contributed by atoms with van der Waals surface area (Å²) in [6.45, 7) is 2.47. The van der Waals surface area contributed by atoms with Gasteiger partial charge in [-0.15, -0.1) is 0 Å². The highest BCUT2D eigenvalue weighted by Crippen LogP contribution is 2.31. The molecule has 34 heavy (non-hydrogen) atoms. The number of imide groups is 2. The van der Waals surface area contributed by atoms with Crippen LogP contribution in [0.15, 0.2) is 78.4 Å². The number of hydrogen-bond donors (Lipinski definition) is 1. The highest BCUT2D eigenvalue weighted by Gasteiger charge is 2.36. The monoisotopic (exact) mass is 476 g/mol. The molecule has 0 spiro atoms. The Kier molecular flexibility index (Phi) is 6.94. The molecule has 1 N–H and O–H groups in total. The predicted octanol–water partition coefficient (Wildman–Crippen LogP) is 4.98. The van der Waals surface area contributed by atoms with E-state index in [1.165, 1.54) is 6.08 Å². The standard InChI is InChI=1S/C26H21ClN2O5/c1-2-33-23-15-17(12-13-22(23)34-16-18-8-6-7-11-21(18)27)14-20-24(30)28-26(32)29(25(20)31)19-9-4-3-5-10-19/h3-15H,2,16H2,1H3,(H,28,30,32)/b20-14-. The van der Waals surface area contributed by atoms with Crippen LogP contribution in [0.5, 0.6) is 11.5 Å².